The van der Waals surface area contributed by atoms with Gasteiger partial charge in [-0.15, -0.1) is 11.3 Å². The molecule has 3 N–H and O–H groups in total. The lowest BCUT2D eigenvalue weighted by molar-refractivity contribution is -0.115. The van der Waals surface area contributed by atoms with Gasteiger partial charge >= 0.3 is 0 Å². The number of nitrogens with zero attached hydrogens (tertiary/aromatic N) is 1. The van der Waals surface area contributed by atoms with Crippen molar-refractivity contribution in [1.82, 2.24) is 15.3 Å². The number of rotatable bonds is 8. The highest BCUT2D eigenvalue weighted by Gasteiger charge is 2.17. The molecule has 2 aromatic carbocycles. The van der Waals surface area contributed by atoms with E-state index in [0.29, 0.717) is 27.4 Å². The first kappa shape index (κ1) is 22.9. The lowest BCUT2D eigenvalue weighted by Gasteiger charge is -2.07. The van der Waals surface area contributed by atoms with Crippen molar-refractivity contribution < 1.29 is 19.1 Å². The van der Waals surface area contributed by atoms with Gasteiger partial charge in [-0.25, -0.2) is 4.98 Å². The van der Waals surface area contributed by atoms with Gasteiger partial charge in [-0.1, -0.05) is 12.1 Å². The summed E-state index contributed by atoms with van der Waals surface area (Å²) < 4.78 is 5.17. The summed E-state index contributed by atoms with van der Waals surface area (Å²) in [5.74, 6) is -0.271. The van der Waals surface area contributed by atoms with Gasteiger partial charge in [-0.05, 0) is 52.9 Å². The first-order chi connectivity index (χ1) is 16.5. The van der Waals surface area contributed by atoms with E-state index in [4.69, 9.17) is 4.74 Å². The monoisotopic (exact) mass is 476 g/mol. The lowest BCUT2D eigenvalue weighted by Crippen LogP contribution is -2.27. The zero-order valence-corrected chi connectivity index (χ0v) is 18.9. The number of anilines is 1. The molecule has 0 unspecified atom stereocenters. The van der Waals surface area contributed by atoms with E-state index < -0.39 is 11.5 Å². The maximum absolute atomic E-state index is 12.7. The summed E-state index contributed by atoms with van der Waals surface area (Å²) in [5.41, 5.74) is 1.90. The van der Waals surface area contributed by atoms with Gasteiger partial charge in [0.25, 0.3) is 11.5 Å². The number of aromatic nitrogens is 2. The molecule has 0 fully saturated rings. The van der Waals surface area contributed by atoms with Crippen LogP contribution in [0.2, 0.25) is 0 Å². The quantitative estimate of drug-likeness (QED) is 0.335. The van der Waals surface area contributed by atoms with Crippen molar-refractivity contribution in [3.63, 3.8) is 0 Å². The molecular formula is C24H20N4O5S. The number of methoxy groups -OCH3 is 1. The van der Waals surface area contributed by atoms with Crippen LogP contribution in [0.25, 0.3) is 10.2 Å². The van der Waals surface area contributed by atoms with Crippen LogP contribution in [0.3, 0.4) is 0 Å². The molecule has 4 rings (SSSR count). The van der Waals surface area contributed by atoms with E-state index in [1.165, 1.54) is 11.3 Å². The number of hydrogen-bond donors (Lipinski definition) is 3. The van der Waals surface area contributed by atoms with Crippen molar-refractivity contribution in [3.05, 3.63) is 86.8 Å². The fraction of sp³-hybridized carbons (Fsp3) is 0.125. The number of H-pyrrole nitrogens is 1. The third kappa shape index (κ3) is 5.18. The highest BCUT2D eigenvalue weighted by Crippen LogP contribution is 2.22. The smallest absolute Gasteiger partial charge is 0.287 e. The number of fused-ring (bicyclic) bond motifs is 1. The van der Waals surface area contributed by atoms with Crippen molar-refractivity contribution >= 4 is 45.3 Å². The molecule has 10 heteroatoms. The lowest BCUT2D eigenvalue weighted by atomic mass is 10.1. The van der Waals surface area contributed by atoms with Crippen molar-refractivity contribution in [2.24, 2.45) is 0 Å². The van der Waals surface area contributed by atoms with E-state index in [1.807, 2.05) is 12.1 Å². The van der Waals surface area contributed by atoms with Crippen molar-refractivity contribution in [2.75, 3.05) is 12.4 Å². The van der Waals surface area contributed by atoms with E-state index in [-0.39, 0.29) is 30.1 Å². The highest BCUT2D eigenvalue weighted by molar-refractivity contribution is 7.16. The van der Waals surface area contributed by atoms with Gasteiger partial charge in [0.2, 0.25) is 11.7 Å². The number of amides is 2. The van der Waals surface area contributed by atoms with E-state index in [0.717, 1.165) is 11.8 Å². The molecule has 2 aromatic heterocycles. The maximum atomic E-state index is 12.7. The van der Waals surface area contributed by atoms with Gasteiger partial charge in [0.15, 0.2) is 0 Å². The summed E-state index contributed by atoms with van der Waals surface area (Å²) in [7, 11) is 1.56. The summed E-state index contributed by atoms with van der Waals surface area (Å²) in [6.07, 6.45) is 0.678. The van der Waals surface area contributed by atoms with Crippen molar-refractivity contribution in [2.45, 2.75) is 13.0 Å². The van der Waals surface area contributed by atoms with Gasteiger partial charge in [0.05, 0.1) is 18.9 Å². The van der Waals surface area contributed by atoms with Crippen LogP contribution in [-0.4, -0.2) is 35.2 Å². The third-order valence-corrected chi connectivity index (χ3v) is 5.93. The summed E-state index contributed by atoms with van der Waals surface area (Å²) in [6, 6.07) is 13.7. The number of hydrogen-bond acceptors (Lipinski definition) is 7. The largest absolute Gasteiger partial charge is 0.497 e. The summed E-state index contributed by atoms with van der Waals surface area (Å²) in [6.45, 7) is 0.238. The van der Waals surface area contributed by atoms with Crippen LogP contribution in [0.4, 0.5) is 5.69 Å². The van der Waals surface area contributed by atoms with Crippen LogP contribution in [0.1, 0.15) is 32.1 Å². The first-order valence-electron chi connectivity index (χ1n) is 10.2. The molecule has 0 radical (unpaired) electrons. The zero-order chi connectivity index (χ0) is 24.1. The van der Waals surface area contributed by atoms with Gasteiger partial charge in [-0.2, -0.15) is 0 Å². The zero-order valence-electron chi connectivity index (χ0n) is 18.1. The topological polar surface area (TPSA) is 130 Å². The number of ether oxygens (including phenoxy) is 1. The Bertz CT molecular complexity index is 1430. The molecule has 0 spiro atoms. The molecule has 0 aliphatic carbocycles. The van der Waals surface area contributed by atoms with Crippen LogP contribution >= 0.6 is 11.3 Å². The summed E-state index contributed by atoms with van der Waals surface area (Å²) >= 11 is 1.19. The fourth-order valence-corrected chi connectivity index (χ4v) is 4.26. The SMILES string of the molecule is COc1cccc(CNC(=O)c2nc3scc(CC(=O)Nc4ccc(C=O)cc4)c3c(=O)[nH]2)c1. The van der Waals surface area contributed by atoms with Crippen LogP contribution in [0, 0.1) is 0 Å². The second-order valence-corrected chi connectivity index (χ2v) is 8.21. The van der Waals surface area contributed by atoms with E-state index >= 15 is 0 Å². The Hall–Kier alpha value is -4.31. The van der Waals surface area contributed by atoms with Crippen LogP contribution in [-0.2, 0) is 17.8 Å². The molecule has 2 amide bonds. The molecule has 0 bridgehead atoms. The molecule has 0 atom stereocenters. The van der Waals surface area contributed by atoms with E-state index in [2.05, 4.69) is 20.6 Å². The van der Waals surface area contributed by atoms with E-state index in [1.54, 1.807) is 48.9 Å². The van der Waals surface area contributed by atoms with Gasteiger partial charge in [0.1, 0.15) is 16.9 Å². The highest BCUT2D eigenvalue weighted by atomic mass is 32.1. The average molecular weight is 477 g/mol. The summed E-state index contributed by atoms with van der Waals surface area (Å²) in [4.78, 5) is 55.6. The molecule has 0 saturated carbocycles. The van der Waals surface area contributed by atoms with Crippen LogP contribution in [0.5, 0.6) is 5.75 Å². The Morgan fingerprint density at radius 1 is 1.18 bits per heavy atom. The minimum atomic E-state index is -0.520. The van der Waals surface area contributed by atoms with Gasteiger partial charge in [-0.3, -0.25) is 19.2 Å². The Balaban J connectivity index is 1.45. The van der Waals surface area contributed by atoms with E-state index in [9.17, 15) is 19.2 Å². The standard InChI is InChI=1S/C24H20N4O5S/c1-33-18-4-2-3-15(9-18)11-25-23(32)21-27-22(31)20-16(13-34-24(20)28-21)10-19(30)26-17-7-5-14(12-29)6-8-17/h2-9,12-13H,10-11H2,1H3,(H,25,32)(H,26,30)(H,27,28,31). The number of aromatic amines is 1. The Labute approximate surface area is 197 Å². The average Bonchev–Trinajstić information content (AvgIpc) is 3.26. The van der Waals surface area contributed by atoms with Crippen LogP contribution < -0.4 is 20.9 Å². The molecule has 0 saturated heterocycles. The van der Waals surface area contributed by atoms with Crippen molar-refractivity contribution in [3.8, 4) is 5.75 Å². The summed E-state index contributed by atoms with van der Waals surface area (Å²) in [5, 5.41) is 7.41. The van der Waals surface area contributed by atoms with Crippen LogP contribution in [0.15, 0.2) is 58.7 Å². The predicted octanol–water partition coefficient (Wildman–Crippen LogP) is 2.92. The minimum absolute atomic E-state index is 0.0401. The molecule has 0 aliphatic rings. The Morgan fingerprint density at radius 3 is 2.71 bits per heavy atom. The number of carbonyl (C=O) groups excluding carboxylic acids is 3. The van der Waals surface area contributed by atoms with Gasteiger partial charge < -0.3 is 20.4 Å². The fourth-order valence-electron chi connectivity index (χ4n) is 3.32. The number of aldehydes is 1. The molecule has 4 aromatic rings. The molecule has 0 aliphatic heterocycles. The number of thiophene rings is 1. The molecule has 34 heavy (non-hydrogen) atoms. The first-order valence-corrected chi connectivity index (χ1v) is 11.1. The number of benzene rings is 2. The Kier molecular flexibility index (Phi) is 6.79. The second kappa shape index (κ2) is 10.1. The number of carbonyl (C=O) groups is 3. The second-order valence-electron chi connectivity index (χ2n) is 7.35. The molecule has 9 nitrogen and oxygen atoms in total. The normalized spacial score (nSPS) is 10.6. The number of nitrogens with one attached hydrogen (secondary N) is 3. The predicted molar refractivity (Wildman–Crippen MR) is 129 cm³/mol. The third-order valence-electron chi connectivity index (χ3n) is 5.00. The molecular weight excluding hydrogens is 456 g/mol. The Morgan fingerprint density at radius 2 is 1.97 bits per heavy atom. The van der Waals surface area contributed by atoms with Crippen molar-refractivity contribution in [1.29, 1.82) is 0 Å². The van der Waals surface area contributed by atoms with Gasteiger partial charge in [0, 0.05) is 17.8 Å². The molecule has 2 heterocycles. The maximum Gasteiger partial charge on any atom is 0.287 e. The molecule has 172 valence electrons. The minimum Gasteiger partial charge on any atom is -0.497 e.